The summed E-state index contributed by atoms with van der Waals surface area (Å²) in [6, 6.07) is 18.4. The molecule has 3 aromatic carbocycles. The Labute approximate surface area is 144 Å². The van der Waals surface area contributed by atoms with Gasteiger partial charge in [0.2, 0.25) is 0 Å². The highest BCUT2D eigenvalue weighted by Gasteiger charge is 2.07. The van der Waals surface area contributed by atoms with Gasteiger partial charge in [-0.05, 0) is 41.1 Å². The highest BCUT2D eigenvalue weighted by molar-refractivity contribution is 6.30. The fourth-order valence-electron chi connectivity index (χ4n) is 2.41. The van der Waals surface area contributed by atoms with Crippen molar-refractivity contribution in [1.82, 2.24) is 5.43 Å². The molecular weight excluding hydrogens is 324 g/mol. The van der Waals surface area contributed by atoms with Gasteiger partial charge < -0.3 is 4.74 Å². The van der Waals surface area contributed by atoms with Crippen LogP contribution in [0.25, 0.3) is 10.8 Å². The summed E-state index contributed by atoms with van der Waals surface area (Å²) in [4.78, 5) is 12.1. The molecule has 0 unspecified atom stereocenters. The number of carbonyl (C=O) groups is 1. The standard InChI is InChI=1S/C19H15ClN2O2/c1-24-18-11-8-13-4-2-3-5-16(13)17(18)12-21-22-19(23)14-6-9-15(20)10-7-14/h2-12H,1H3,(H,22,23)/b21-12-. The quantitative estimate of drug-likeness (QED) is 0.570. The number of rotatable bonds is 4. The predicted octanol–water partition coefficient (Wildman–Crippen LogP) is 4.27. The van der Waals surface area contributed by atoms with E-state index in [2.05, 4.69) is 10.5 Å². The third-order valence-electron chi connectivity index (χ3n) is 3.62. The summed E-state index contributed by atoms with van der Waals surface area (Å²) in [5.74, 6) is 0.389. The van der Waals surface area contributed by atoms with Crippen LogP contribution < -0.4 is 10.2 Å². The second kappa shape index (κ2) is 7.15. The van der Waals surface area contributed by atoms with E-state index in [1.54, 1.807) is 37.6 Å². The number of fused-ring (bicyclic) bond motifs is 1. The second-order valence-electron chi connectivity index (χ2n) is 5.11. The van der Waals surface area contributed by atoms with Gasteiger partial charge in [-0.25, -0.2) is 5.43 Å². The summed E-state index contributed by atoms with van der Waals surface area (Å²) in [6.45, 7) is 0. The van der Waals surface area contributed by atoms with Gasteiger partial charge in [-0.2, -0.15) is 5.10 Å². The minimum absolute atomic E-state index is 0.304. The van der Waals surface area contributed by atoms with Crippen molar-refractivity contribution < 1.29 is 9.53 Å². The zero-order valence-corrected chi connectivity index (χ0v) is 13.7. The van der Waals surface area contributed by atoms with E-state index >= 15 is 0 Å². The molecule has 4 nitrogen and oxygen atoms in total. The van der Waals surface area contributed by atoms with Crippen LogP contribution >= 0.6 is 11.6 Å². The van der Waals surface area contributed by atoms with Crippen LogP contribution in [-0.4, -0.2) is 19.2 Å². The predicted molar refractivity (Wildman–Crippen MR) is 97.0 cm³/mol. The van der Waals surface area contributed by atoms with E-state index in [0.29, 0.717) is 16.3 Å². The Morgan fingerprint density at radius 1 is 1.08 bits per heavy atom. The first-order valence-electron chi connectivity index (χ1n) is 7.34. The molecular formula is C19H15ClN2O2. The number of amides is 1. The summed E-state index contributed by atoms with van der Waals surface area (Å²) in [6.07, 6.45) is 1.59. The topological polar surface area (TPSA) is 50.7 Å². The molecule has 0 bridgehead atoms. The van der Waals surface area contributed by atoms with E-state index in [1.807, 2.05) is 36.4 Å². The number of hydrogen-bond donors (Lipinski definition) is 1. The monoisotopic (exact) mass is 338 g/mol. The van der Waals surface area contributed by atoms with Crippen LogP contribution in [0.15, 0.2) is 65.8 Å². The molecule has 1 amide bonds. The summed E-state index contributed by atoms with van der Waals surface area (Å²) in [7, 11) is 1.60. The van der Waals surface area contributed by atoms with Crippen LogP contribution in [0, 0.1) is 0 Å². The van der Waals surface area contributed by atoms with E-state index in [4.69, 9.17) is 16.3 Å². The van der Waals surface area contributed by atoms with Crippen molar-refractivity contribution in [3.8, 4) is 5.75 Å². The number of hydrazone groups is 1. The fourth-order valence-corrected chi connectivity index (χ4v) is 2.53. The first kappa shape index (κ1) is 16.0. The highest BCUT2D eigenvalue weighted by atomic mass is 35.5. The van der Waals surface area contributed by atoms with Crippen molar-refractivity contribution >= 4 is 34.5 Å². The van der Waals surface area contributed by atoms with Gasteiger partial charge in [0, 0.05) is 16.1 Å². The lowest BCUT2D eigenvalue weighted by atomic mass is 10.0. The summed E-state index contributed by atoms with van der Waals surface area (Å²) in [5, 5.41) is 6.71. The number of ether oxygens (including phenoxy) is 1. The maximum atomic E-state index is 12.1. The number of nitrogens with zero attached hydrogens (tertiary/aromatic N) is 1. The van der Waals surface area contributed by atoms with Gasteiger partial charge in [0.1, 0.15) is 5.75 Å². The van der Waals surface area contributed by atoms with Crippen LogP contribution in [-0.2, 0) is 0 Å². The molecule has 3 rings (SSSR count). The molecule has 0 aromatic heterocycles. The van der Waals surface area contributed by atoms with Crippen LogP contribution in [0.1, 0.15) is 15.9 Å². The molecule has 24 heavy (non-hydrogen) atoms. The fraction of sp³-hybridized carbons (Fsp3) is 0.0526. The molecule has 0 aliphatic heterocycles. The number of benzene rings is 3. The van der Waals surface area contributed by atoms with E-state index in [0.717, 1.165) is 16.3 Å². The van der Waals surface area contributed by atoms with Gasteiger partial charge >= 0.3 is 0 Å². The average molecular weight is 339 g/mol. The number of methoxy groups -OCH3 is 1. The van der Waals surface area contributed by atoms with Crippen molar-refractivity contribution in [1.29, 1.82) is 0 Å². The minimum Gasteiger partial charge on any atom is -0.496 e. The van der Waals surface area contributed by atoms with Crippen molar-refractivity contribution in [2.75, 3.05) is 7.11 Å². The second-order valence-corrected chi connectivity index (χ2v) is 5.55. The lowest BCUT2D eigenvalue weighted by Crippen LogP contribution is -2.17. The maximum Gasteiger partial charge on any atom is 0.271 e. The molecule has 0 atom stereocenters. The zero-order chi connectivity index (χ0) is 16.9. The molecule has 0 fully saturated rings. The Morgan fingerprint density at radius 2 is 1.83 bits per heavy atom. The first-order chi connectivity index (χ1) is 11.7. The highest BCUT2D eigenvalue weighted by Crippen LogP contribution is 2.26. The summed E-state index contributed by atoms with van der Waals surface area (Å²) >= 11 is 5.81. The molecule has 0 saturated heterocycles. The molecule has 0 heterocycles. The molecule has 5 heteroatoms. The van der Waals surface area contributed by atoms with Crippen LogP contribution in [0.2, 0.25) is 5.02 Å². The third-order valence-corrected chi connectivity index (χ3v) is 3.87. The van der Waals surface area contributed by atoms with Crippen molar-refractivity contribution in [2.45, 2.75) is 0 Å². The minimum atomic E-state index is -0.304. The van der Waals surface area contributed by atoms with E-state index in [9.17, 15) is 4.79 Å². The molecule has 3 aromatic rings. The number of nitrogens with one attached hydrogen (secondary N) is 1. The molecule has 120 valence electrons. The Hall–Kier alpha value is -2.85. The van der Waals surface area contributed by atoms with Crippen LogP contribution in [0.3, 0.4) is 0 Å². The number of hydrogen-bond acceptors (Lipinski definition) is 3. The Balaban J connectivity index is 1.85. The van der Waals surface area contributed by atoms with Crippen LogP contribution in [0.5, 0.6) is 5.75 Å². The maximum absolute atomic E-state index is 12.1. The molecule has 0 aliphatic carbocycles. The number of carbonyl (C=O) groups excluding carboxylic acids is 1. The average Bonchev–Trinajstić information content (AvgIpc) is 2.62. The van der Waals surface area contributed by atoms with Gasteiger partial charge in [-0.1, -0.05) is 41.9 Å². The Morgan fingerprint density at radius 3 is 2.58 bits per heavy atom. The first-order valence-corrected chi connectivity index (χ1v) is 7.71. The molecule has 0 spiro atoms. The lowest BCUT2D eigenvalue weighted by Gasteiger charge is -2.08. The Kier molecular flexibility index (Phi) is 4.77. The van der Waals surface area contributed by atoms with Gasteiger partial charge in [0.25, 0.3) is 5.91 Å². The molecule has 1 N–H and O–H groups in total. The van der Waals surface area contributed by atoms with Crippen molar-refractivity contribution in [3.63, 3.8) is 0 Å². The molecule has 0 radical (unpaired) electrons. The van der Waals surface area contributed by atoms with E-state index < -0.39 is 0 Å². The third kappa shape index (κ3) is 3.39. The molecule has 0 saturated carbocycles. The Bertz CT molecular complexity index is 905. The lowest BCUT2D eigenvalue weighted by molar-refractivity contribution is 0.0955. The van der Waals surface area contributed by atoms with Gasteiger partial charge in [-0.3, -0.25) is 4.79 Å². The van der Waals surface area contributed by atoms with Gasteiger partial charge in [0.05, 0.1) is 13.3 Å². The number of halogens is 1. The zero-order valence-electron chi connectivity index (χ0n) is 13.0. The SMILES string of the molecule is COc1ccc2ccccc2c1/C=N\NC(=O)c1ccc(Cl)cc1. The van der Waals surface area contributed by atoms with E-state index in [-0.39, 0.29) is 5.91 Å². The van der Waals surface area contributed by atoms with Crippen molar-refractivity contribution in [3.05, 3.63) is 76.8 Å². The molecule has 0 aliphatic rings. The summed E-state index contributed by atoms with van der Waals surface area (Å²) in [5.41, 5.74) is 3.81. The van der Waals surface area contributed by atoms with Gasteiger partial charge in [0.15, 0.2) is 0 Å². The smallest absolute Gasteiger partial charge is 0.271 e. The van der Waals surface area contributed by atoms with Crippen molar-refractivity contribution in [2.24, 2.45) is 5.10 Å². The van der Waals surface area contributed by atoms with Crippen LogP contribution in [0.4, 0.5) is 0 Å². The normalized spacial score (nSPS) is 10.9. The largest absolute Gasteiger partial charge is 0.496 e. The van der Waals surface area contributed by atoms with Gasteiger partial charge in [-0.15, -0.1) is 0 Å². The summed E-state index contributed by atoms with van der Waals surface area (Å²) < 4.78 is 5.39. The van der Waals surface area contributed by atoms with E-state index in [1.165, 1.54) is 0 Å².